The molecule has 0 unspecified atom stereocenters. The van der Waals surface area contributed by atoms with Crippen LogP contribution in [0.4, 0.5) is 17.6 Å². The molecule has 4 nitrogen and oxygen atoms in total. The Morgan fingerprint density at radius 2 is 1.52 bits per heavy atom. The predicted molar refractivity (Wildman–Crippen MR) is 66.2 cm³/mol. The van der Waals surface area contributed by atoms with E-state index in [1.54, 1.807) is 20.8 Å². The highest BCUT2D eigenvalue weighted by Crippen LogP contribution is 2.27. The number of carbonyl (C=O) groups is 2. The van der Waals surface area contributed by atoms with E-state index in [0.29, 0.717) is 6.42 Å². The van der Waals surface area contributed by atoms with Gasteiger partial charge in [0.05, 0.1) is 5.41 Å². The molecule has 0 amide bonds. The first-order chi connectivity index (χ1) is 9.26. The van der Waals surface area contributed by atoms with Crippen molar-refractivity contribution in [3.8, 4) is 0 Å². The Labute approximate surface area is 120 Å². The molecule has 0 aromatic heterocycles. The van der Waals surface area contributed by atoms with Gasteiger partial charge in [0, 0.05) is 0 Å². The molecule has 0 saturated carbocycles. The summed E-state index contributed by atoms with van der Waals surface area (Å²) in [7, 11) is 0. The fourth-order valence-electron chi connectivity index (χ4n) is 0.954. The maximum atomic E-state index is 12.7. The number of ether oxygens (including phenoxy) is 2. The van der Waals surface area contributed by atoms with Gasteiger partial charge in [0.15, 0.2) is 6.61 Å². The molecule has 0 atom stereocenters. The van der Waals surface area contributed by atoms with Crippen molar-refractivity contribution in [1.29, 1.82) is 0 Å². The van der Waals surface area contributed by atoms with Gasteiger partial charge in [0.25, 0.3) is 0 Å². The number of halogens is 4. The summed E-state index contributed by atoms with van der Waals surface area (Å²) in [5.41, 5.74) is -2.72. The summed E-state index contributed by atoms with van der Waals surface area (Å²) in [5, 5.41) is 0. The van der Waals surface area contributed by atoms with E-state index in [0.717, 1.165) is 13.8 Å². The van der Waals surface area contributed by atoms with Crippen molar-refractivity contribution >= 4 is 11.9 Å². The first-order valence-electron chi connectivity index (χ1n) is 6.33. The van der Waals surface area contributed by atoms with E-state index in [9.17, 15) is 27.2 Å². The fraction of sp³-hybridized carbons (Fsp3) is 0.846. The van der Waals surface area contributed by atoms with Gasteiger partial charge >= 0.3 is 24.3 Å². The minimum Gasteiger partial charge on any atom is -0.456 e. The topological polar surface area (TPSA) is 52.6 Å². The van der Waals surface area contributed by atoms with Crippen molar-refractivity contribution in [2.45, 2.75) is 59.0 Å². The molecule has 0 fully saturated rings. The number of carbonyl (C=O) groups excluding carboxylic acids is 2. The van der Waals surface area contributed by atoms with E-state index in [1.807, 2.05) is 0 Å². The highest BCUT2D eigenvalue weighted by molar-refractivity contribution is 5.84. The molecule has 0 radical (unpaired) electrons. The average Bonchev–Trinajstić information content (AvgIpc) is 2.34. The van der Waals surface area contributed by atoms with Gasteiger partial charge in [-0.05, 0) is 34.1 Å². The Bertz CT molecular complexity index is 392. The molecule has 0 heterocycles. The fourth-order valence-corrected chi connectivity index (χ4v) is 0.954. The third kappa shape index (κ3) is 5.51. The predicted octanol–water partition coefficient (Wildman–Crippen LogP) is 3.19. The Balaban J connectivity index is 4.72. The molecule has 0 aliphatic heterocycles. The van der Waals surface area contributed by atoms with E-state index in [2.05, 4.69) is 4.74 Å². The first-order valence-corrected chi connectivity index (χ1v) is 6.33. The standard InChI is InChI=1S/C13H20F4O4/c1-6-11(2,3)9(18)21-12(4,5)10(19)20-7-13(16,17)8(14)15/h8H,6-7H2,1-5H3. The van der Waals surface area contributed by atoms with Gasteiger partial charge in [-0.1, -0.05) is 6.92 Å². The highest BCUT2D eigenvalue weighted by atomic mass is 19.3. The van der Waals surface area contributed by atoms with Crippen LogP contribution in [0.3, 0.4) is 0 Å². The SMILES string of the molecule is CCC(C)(C)C(=O)OC(C)(C)C(=O)OCC(F)(F)C(F)F. The zero-order valence-corrected chi connectivity index (χ0v) is 12.6. The summed E-state index contributed by atoms with van der Waals surface area (Å²) in [6, 6.07) is 0. The molecule has 124 valence electrons. The molecular formula is C13H20F4O4. The van der Waals surface area contributed by atoms with Gasteiger partial charge in [0.1, 0.15) is 0 Å². The molecule has 0 rings (SSSR count). The van der Waals surface area contributed by atoms with Crippen molar-refractivity contribution in [3.63, 3.8) is 0 Å². The lowest BCUT2D eigenvalue weighted by Crippen LogP contribution is -2.44. The molecule has 0 aromatic carbocycles. The van der Waals surface area contributed by atoms with Crippen LogP contribution in [0.25, 0.3) is 0 Å². The first kappa shape index (κ1) is 19.7. The second-order valence-corrected chi connectivity index (χ2v) is 5.78. The molecule has 0 spiro atoms. The Morgan fingerprint density at radius 3 is 1.90 bits per heavy atom. The van der Waals surface area contributed by atoms with E-state index in [1.165, 1.54) is 0 Å². The quantitative estimate of drug-likeness (QED) is 0.535. The van der Waals surface area contributed by atoms with Crippen LogP contribution in [0.2, 0.25) is 0 Å². The molecular weight excluding hydrogens is 296 g/mol. The largest absolute Gasteiger partial charge is 0.456 e. The van der Waals surface area contributed by atoms with Crippen LogP contribution >= 0.6 is 0 Å². The maximum absolute atomic E-state index is 12.7. The second-order valence-electron chi connectivity index (χ2n) is 5.78. The van der Waals surface area contributed by atoms with Crippen LogP contribution in [0.5, 0.6) is 0 Å². The van der Waals surface area contributed by atoms with Gasteiger partial charge in [0.2, 0.25) is 5.60 Å². The molecule has 0 N–H and O–H groups in total. The van der Waals surface area contributed by atoms with Crippen molar-refractivity contribution < 1.29 is 36.6 Å². The van der Waals surface area contributed by atoms with Crippen LogP contribution in [-0.2, 0) is 19.1 Å². The lowest BCUT2D eigenvalue weighted by atomic mass is 9.90. The van der Waals surface area contributed by atoms with Gasteiger partial charge in [-0.15, -0.1) is 0 Å². The van der Waals surface area contributed by atoms with Crippen molar-refractivity contribution in [2.75, 3.05) is 6.61 Å². The minimum absolute atomic E-state index is 0.431. The number of alkyl halides is 4. The van der Waals surface area contributed by atoms with E-state index in [4.69, 9.17) is 4.74 Å². The van der Waals surface area contributed by atoms with Crippen LogP contribution in [0, 0.1) is 5.41 Å². The normalized spacial score (nSPS) is 13.2. The molecule has 0 aliphatic carbocycles. The van der Waals surface area contributed by atoms with Crippen molar-refractivity contribution in [3.05, 3.63) is 0 Å². The monoisotopic (exact) mass is 316 g/mol. The van der Waals surface area contributed by atoms with Gasteiger partial charge in [-0.3, -0.25) is 4.79 Å². The third-order valence-corrected chi connectivity index (χ3v) is 2.99. The third-order valence-electron chi connectivity index (χ3n) is 2.99. The molecule has 0 bridgehead atoms. The van der Waals surface area contributed by atoms with Crippen molar-refractivity contribution in [2.24, 2.45) is 5.41 Å². The van der Waals surface area contributed by atoms with Gasteiger partial charge in [-0.2, -0.15) is 8.78 Å². The summed E-state index contributed by atoms with van der Waals surface area (Å²) in [6.45, 7) is 5.40. The average molecular weight is 316 g/mol. The Hall–Kier alpha value is -1.34. The van der Waals surface area contributed by atoms with Crippen LogP contribution in [-0.4, -0.2) is 36.5 Å². The zero-order valence-electron chi connectivity index (χ0n) is 12.6. The molecule has 21 heavy (non-hydrogen) atoms. The van der Waals surface area contributed by atoms with E-state index >= 15 is 0 Å². The van der Waals surface area contributed by atoms with E-state index < -0.39 is 41.9 Å². The van der Waals surface area contributed by atoms with E-state index in [-0.39, 0.29) is 0 Å². The summed E-state index contributed by atoms with van der Waals surface area (Å²) in [6.07, 6.45) is -3.52. The Morgan fingerprint density at radius 1 is 1.05 bits per heavy atom. The summed E-state index contributed by atoms with van der Waals surface area (Å²) in [4.78, 5) is 23.4. The van der Waals surface area contributed by atoms with Crippen molar-refractivity contribution in [1.82, 2.24) is 0 Å². The van der Waals surface area contributed by atoms with Crippen LogP contribution in [0.1, 0.15) is 41.0 Å². The van der Waals surface area contributed by atoms with Gasteiger partial charge < -0.3 is 9.47 Å². The smallest absolute Gasteiger partial charge is 0.350 e. The molecule has 0 saturated heterocycles. The summed E-state index contributed by atoms with van der Waals surface area (Å²) in [5.74, 6) is -6.48. The van der Waals surface area contributed by atoms with Crippen LogP contribution in [0.15, 0.2) is 0 Å². The lowest BCUT2D eigenvalue weighted by Gasteiger charge is -2.29. The molecule has 8 heteroatoms. The second kappa shape index (κ2) is 6.62. The minimum atomic E-state index is -4.45. The number of hydrogen-bond acceptors (Lipinski definition) is 4. The number of rotatable bonds is 7. The molecule has 0 aliphatic rings. The molecule has 0 aromatic rings. The Kier molecular flexibility index (Phi) is 6.19. The lowest BCUT2D eigenvalue weighted by molar-refractivity contribution is -0.199. The number of esters is 2. The summed E-state index contributed by atoms with van der Waals surface area (Å²) < 4.78 is 58.3. The zero-order chi connectivity index (χ0) is 17.1. The summed E-state index contributed by atoms with van der Waals surface area (Å²) >= 11 is 0. The van der Waals surface area contributed by atoms with Crippen LogP contribution < -0.4 is 0 Å². The highest BCUT2D eigenvalue weighted by Gasteiger charge is 2.45. The van der Waals surface area contributed by atoms with Gasteiger partial charge in [-0.25, -0.2) is 13.6 Å². The number of hydrogen-bond donors (Lipinski definition) is 0. The maximum Gasteiger partial charge on any atom is 0.350 e.